The number of aromatic nitrogens is 1. The quantitative estimate of drug-likeness (QED) is 0.439. The number of halogens is 5. The largest absolute Gasteiger partial charge is 0.434 e. The highest BCUT2D eigenvalue weighted by molar-refractivity contribution is 7.18. The fourth-order valence-electron chi connectivity index (χ4n) is 2.03. The van der Waals surface area contributed by atoms with E-state index in [0.29, 0.717) is 21.2 Å². The van der Waals surface area contributed by atoms with Crippen molar-refractivity contribution in [2.75, 3.05) is 0 Å². The van der Waals surface area contributed by atoms with E-state index in [1.54, 1.807) is 24.3 Å². The zero-order valence-corrected chi connectivity index (χ0v) is 14.7. The van der Waals surface area contributed by atoms with Crippen molar-refractivity contribution in [3.05, 3.63) is 69.8 Å². The molecule has 0 radical (unpaired) electrons. The van der Waals surface area contributed by atoms with Gasteiger partial charge < -0.3 is 0 Å². The number of hydrogen-bond donors (Lipinski definition) is 0. The van der Waals surface area contributed by atoms with Crippen LogP contribution in [0.5, 0.6) is 0 Å². The molecule has 0 atom stereocenters. The summed E-state index contributed by atoms with van der Waals surface area (Å²) in [5, 5.41) is 1.03. The highest BCUT2D eigenvalue weighted by Crippen LogP contribution is 2.42. The van der Waals surface area contributed by atoms with Crippen LogP contribution in [0.25, 0.3) is 10.4 Å². The van der Waals surface area contributed by atoms with E-state index in [4.69, 9.17) is 23.2 Å². The second kappa shape index (κ2) is 7.15. The van der Waals surface area contributed by atoms with Gasteiger partial charge in [0.15, 0.2) is 5.69 Å². The van der Waals surface area contributed by atoms with Crippen molar-refractivity contribution in [3.63, 3.8) is 0 Å². The summed E-state index contributed by atoms with van der Waals surface area (Å²) in [6, 6.07) is 12.9. The second-order valence-electron chi connectivity index (χ2n) is 4.99. The monoisotopic (exact) mass is 400 g/mol. The minimum atomic E-state index is -4.57. The Morgan fingerprint density at radius 1 is 0.920 bits per heavy atom. The number of nitrogens with zero attached hydrogens (tertiary/aromatic N) is 2. The molecule has 0 saturated heterocycles. The topological polar surface area (TPSA) is 25.2 Å². The van der Waals surface area contributed by atoms with Crippen molar-refractivity contribution in [1.29, 1.82) is 0 Å². The Morgan fingerprint density at radius 3 is 2.04 bits per heavy atom. The molecule has 8 heteroatoms. The minimum Gasteiger partial charge on any atom is -0.227 e. The van der Waals surface area contributed by atoms with Crippen LogP contribution < -0.4 is 0 Å². The van der Waals surface area contributed by atoms with E-state index >= 15 is 0 Å². The summed E-state index contributed by atoms with van der Waals surface area (Å²) in [6.07, 6.45) is -3.12. The summed E-state index contributed by atoms with van der Waals surface area (Å²) in [7, 11) is 0. The van der Waals surface area contributed by atoms with E-state index in [1.165, 1.54) is 30.5 Å². The van der Waals surface area contributed by atoms with E-state index in [1.807, 2.05) is 0 Å². The van der Waals surface area contributed by atoms with Gasteiger partial charge in [0, 0.05) is 16.3 Å². The molecule has 0 aliphatic heterocycles. The average molecular weight is 401 g/mol. The van der Waals surface area contributed by atoms with Crippen LogP contribution in [0.4, 0.5) is 18.3 Å². The number of benzene rings is 2. The van der Waals surface area contributed by atoms with Crippen molar-refractivity contribution < 1.29 is 13.2 Å². The molecule has 0 bridgehead atoms. The lowest BCUT2D eigenvalue weighted by atomic mass is 10.1. The van der Waals surface area contributed by atoms with Crippen LogP contribution in [0.15, 0.2) is 53.5 Å². The van der Waals surface area contributed by atoms with Crippen molar-refractivity contribution in [2.24, 2.45) is 4.99 Å². The third-order valence-electron chi connectivity index (χ3n) is 3.18. The molecule has 0 fully saturated rings. The molecule has 0 saturated carbocycles. The minimum absolute atomic E-state index is 0.00687. The predicted molar refractivity (Wildman–Crippen MR) is 96.3 cm³/mol. The van der Waals surface area contributed by atoms with E-state index < -0.39 is 11.9 Å². The van der Waals surface area contributed by atoms with E-state index in [0.717, 1.165) is 11.3 Å². The molecule has 0 unspecified atom stereocenters. The lowest BCUT2D eigenvalue weighted by Gasteiger charge is -2.05. The van der Waals surface area contributed by atoms with Gasteiger partial charge >= 0.3 is 6.18 Å². The van der Waals surface area contributed by atoms with Gasteiger partial charge in [-0.15, -0.1) is 0 Å². The molecule has 0 aliphatic carbocycles. The number of rotatable bonds is 3. The standard InChI is InChI=1S/C17H9Cl2F3N2S/c18-12-5-1-10(2-6-12)9-23-16-24-15(17(20,21)22)14(25-16)11-3-7-13(19)8-4-11/h1-9H. The van der Waals surface area contributed by atoms with Crippen molar-refractivity contribution in [2.45, 2.75) is 6.18 Å². The van der Waals surface area contributed by atoms with Crippen molar-refractivity contribution in [1.82, 2.24) is 4.98 Å². The van der Waals surface area contributed by atoms with Crippen LogP contribution in [0, 0.1) is 0 Å². The van der Waals surface area contributed by atoms with Crippen LogP contribution >= 0.6 is 34.5 Å². The molecule has 3 aromatic rings. The third kappa shape index (κ3) is 4.39. The van der Waals surface area contributed by atoms with Crippen LogP contribution in [0.1, 0.15) is 11.3 Å². The molecule has 0 amide bonds. The second-order valence-corrected chi connectivity index (χ2v) is 6.84. The van der Waals surface area contributed by atoms with Crippen molar-refractivity contribution in [3.8, 4) is 10.4 Å². The maximum Gasteiger partial charge on any atom is 0.434 e. The fourth-order valence-corrected chi connectivity index (χ4v) is 3.22. The van der Waals surface area contributed by atoms with Gasteiger partial charge in [0.2, 0.25) is 5.13 Å². The highest BCUT2D eigenvalue weighted by Gasteiger charge is 2.37. The smallest absolute Gasteiger partial charge is 0.227 e. The molecule has 0 spiro atoms. The SMILES string of the molecule is FC(F)(F)c1nc(N=Cc2ccc(Cl)cc2)sc1-c1ccc(Cl)cc1. The van der Waals surface area contributed by atoms with Gasteiger partial charge in [0.25, 0.3) is 0 Å². The maximum atomic E-state index is 13.3. The van der Waals surface area contributed by atoms with E-state index in [9.17, 15) is 13.2 Å². The summed E-state index contributed by atoms with van der Waals surface area (Å²) in [5.41, 5.74) is 0.145. The number of alkyl halides is 3. The first-order valence-corrected chi connectivity index (χ1v) is 8.54. The summed E-state index contributed by atoms with van der Waals surface area (Å²) >= 11 is 12.5. The molecule has 1 aromatic heterocycles. The Bertz CT molecular complexity index is 901. The first kappa shape index (κ1) is 17.9. The van der Waals surface area contributed by atoms with E-state index in [2.05, 4.69) is 9.98 Å². The Balaban J connectivity index is 1.98. The lowest BCUT2D eigenvalue weighted by Crippen LogP contribution is -2.06. The van der Waals surface area contributed by atoms with Gasteiger partial charge in [0.05, 0.1) is 4.88 Å². The molecular weight excluding hydrogens is 392 g/mol. The molecule has 0 N–H and O–H groups in total. The molecule has 2 nitrogen and oxygen atoms in total. The average Bonchev–Trinajstić information content (AvgIpc) is 3.00. The Kier molecular flexibility index (Phi) is 5.13. The van der Waals surface area contributed by atoms with E-state index in [-0.39, 0.29) is 10.0 Å². The first-order valence-electron chi connectivity index (χ1n) is 6.96. The highest BCUT2D eigenvalue weighted by atomic mass is 35.5. The van der Waals surface area contributed by atoms with Crippen LogP contribution in [0.2, 0.25) is 10.0 Å². The fraction of sp³-hybridized carbons (Fsp3) is 0.0588. The van der Waals surface area contributed by atoms with Gasteiger partial charge in [-0.1, -0.05) is 58.8 Å². The molecule has 128 valence electrons. The summed E-state index contributed by atoms with van der Waals surface area (Å²) in [5.74, 6) is 0. The Morgan fingerprint density at radius 2 is 1.48 bits per heavy atom. The number of thiazole rings is 1. The van der Waals surface area contributed by atoms with Crippen LogP contribution in [-0.4, -0.2) is 11.2 Å². The predicted octanol–water partition coefficient (Wildman–Crippen LogP) is 6.89. The van der Waals surface area contributed by atoms with Gasteiger partial charge in [-0.3, -0.25) is 0 Å². The maximum absolute atomic E-state index is 13.3. The summed E-state index contributed by atoms with van der Waals surface area (Å²) in [6.45, 7) is 0. The summed E-state index contributed by atoms with van der Waals surface area (Å²) < 4.78 is 39.9. The Labute approximate surface area is 155 Å². The Hall–Kier alpha value is -1.89. The zero-order chi connectivity index (χ0) is 18.0. The van der Waals surface area contributed by atoms with Crippen LogP contribution in [0.3, 0.4) is 0 Å². The molecule has 0 aliphatic rings. The number of aliphatic imine (C=N–C) groups is 1. The molecule has 2 aromatic carbocycles. The molecule has 1 heterocycles. The molecule has 3 rings (SSSR count). The molecular formula is C17H9Cl2F3N2S. The van der Waals surface area contributed by atoms with Gasteiger partial charge in [-0.25, -0.2) is 9.98 Å². The van der Waals surface area contributed by atoms with Crippen LogP contribution in [-0.2, 0) is 6.18 Å². The van der Waals surface area contributed by atoms with Crippen molar-refractivity contribution >= 4 is 45.9 Å². The zero-order valence-electron chi connectivity index (χ0n) is 12.4. The normalized spacial score (nSPS) is 12.0. The summed E-state index contributed by atoms with van der Waals surface area (Å²) in [4.78, 5) is 7.71. The van der Waals surface area contributed by atoms with Gasteiger partial charge in [-0.05, 0) is 35.4 Å². The van der Waals surface area contributed by atoms with Gasteiger partial charge in [0.1, 0.15) is 0 Å². The number of hydrogen-bond acceptors (Lipinski definition) is 3. The molecule has 25 heavy (non-hydrogen) atoms. The lowest BCUT2D eigenvalue weighted by molar-refractivity contribution is -0.140. The first-order chi connectivity index (χ1) is 11.8. The third-order valence-corrected chi connectivity index (χ3v) is 4.70. The van der Waals surface area contributed by atoms with Gasteiger partial charge in [-0.2, -0.15) is 13.2 Å².